The molecule has 1 aromatic carbocycles. The molecule has 0 unspecified atom stereocenters. The van der Waals surface area contributed by atoms with Gasteiger partial charge in [0.25, 0.3) is 0 Å². The lowest BCUT2D eigenvalue weighted by Gasteiger charge is -2.19. The minimum Gasteiger partial charge on any atom is -0.493 e. The molecule has 0 atom stereocenters. The Balaban J connectivity index is 1.56. The van der Waals surface area contributed by atoms with Gasteiger partial charge in [0.05, 0.1) is 12.1 Å². The van der Waals surface area contributed by atoms with Crippen LogP contribution in [0.3, 0.4) is 0 Å². The summed E-state index contributed by atoms with van der Waals surface area (Å²) in [6.07, 6.45) is 3.53. The molecule has 24 heavy (non-hydrogen) atoms. The summed E-state index contributed by atoms with van der Waals surface area (Å²) in [7, 11) is 0. The average Bonchev–Trinajstić information content (AvgIpc) is 2.93. The van der Waals surface area contributed by atoms with Crippen LogP contribution in [0.2, 0.25) is 0 Å². The number of alkyl carbamates (subject to hydrolysis) is 1. The molecule has 1 aromatic heterocycles. The van der Waals surface area contributed by atoms with Crippen molar-refractivity contribution in [1.82, 2.24) is 10.3 Å². The fraction of sp³-hybridized carbons (Fsp3) is 0.526. The van der Waals surface area contributed by atoms with E-state index in [1.54, 1.807) is 0 Å². The first-order chi connectivity index (χ1) is 11.4. The fourth-order valence-electron chi connectivity index (χ4n) is 3.03. The number of aromatic amines is 1. The first kappa shape index (κ1) is 16.7. The predicted octanol–water partition coefficient (Wildman–Crippen LogP) is 3.95. The molecule has 1 amide bonds. The van der Waals surface area contributed by atoms with Crippen LogP contribution >= 0.6 is 0 Å². The summed E-state index contributed by atoms with van der Waals surface area (Å²) in [4.78, 5) is 15.1. The van der Waals surface area contributed by atoms with Gasteiger partial charge in [0.15, 0.2) is 0 Å². The number of H-pyrrole nitrogens is 1. The number of carbonyl (C=O) groups is 1. The summed E-state index contributed by atoms with van der Waals surface area (Å²) >= 11 is 0. The number of fused-ring (bicyclic) bond motifs is 3. The van der Waals surface area contributed by atoms with Crippen molar-refractivity contribution in [3.63, 3.8) is 0 Å². The van der Waals surface area contributed by atoms with Gasteiger partial charge in [0.2, 0.25) is 0 Å². The minimum absolute atomic E-state index is 0.356. The second-order valence-corrected chi connectivity index (χ2v) is 7.29. The second kappa shape index (κ2) is 6.75. The second-order valence-electron chi connectivity index (χ2n) is 7.29. The number of aromatic nitrogens is 1. The maximum absolute atomic E-state index is 11.6. The quantitative estimate of drug-likeness (QED) is 0.834. The van der Waals surface area contributed by atoms with E-state index < -0.39 is 5.60 Å². The Labute approximate surface area is 142 Å². The van der Waals surface area contributed by atoms with Gasteiger partial charge in [0.1, 0.15) is 11.4 Å². The molecule has 5 heteroatoms. The Kier molecular flexibility index (Phi) is 4.69. The molecule has 0 saturated heterocycles. The Bertz CT molecular complexity index is 728. The average molecular weight is 330 g/mol. The smallest absolute Gasteiger partial charge is 0.407 e. The van der Waals surface area contributed by atoms with Gasteiger partial charge in [-0.1, -0.05) is 0 Å². The summed E-state index contributed by atoms with van der Waals surface area (Å²) in [6.45, 7) is 7.00. The number of rotatable bonds is 4. The van der Waals surface area contributed by atoms with Crippen LogP contribution in [-0.2, 0) is 17.6 Å². The monoisotopic (exact) mass is 330 g/mol. The van der Waals surface area contributed by atoms with Gasteiger partial charge in [-0.15, -0.1) is 0 Å². The molecule has 0 aliphatic carbocycles. The summed E-state index contributed by atoms with van der Waals surface area (Å²) in [6, 6.07) is 6.37. The molecule has 2 N–H and O–H groups in total. The molecule has 0 bridgehead atoms. The molecule has 2 heterocycles. The highest BCUT2D eigenvalue weighted by Crippen LogP contribution is 2.32. The highest BCUT2D eigenvalue weighted by molar-refractivity contribution is 5.86. The van der Waals surface area contributed by atoms with Crippen molar-refractivity contribution in [2.75, 3.05) is 13.2 Å². The van der Waals surface area contributed by atoms with Crippen LogP contribution in [0.15, 0.2) is 18.2 Å². The predicted molar refractivity (Wildman–Crippen MR) is 94.7 cm³/mol. The Hall–Kier alpha value is -2.17. The molecule has 1 aliphatic heterocycles. The van der Waals surface area contributed by atoms with Crippen LogP contribution < -0.4 is 10.1 Å². The maximum atomic E-state index is 11.6. The van der Waals surface area contributed by atoms with Crippen molar-refractivity contribution in [2.45, 2.75) is 52.1 Å². The third-order valence-electron chi connectivity index (χ3n) is 4.04. The minimum atomic E-state index is -0.456. The van der Waals surface area contributed by atoms with Crippen molar-refractivity contribution in [3.8, 4) is 5.75 Å². The Morgan fingerprint density at radius 3 is 3.00 bits per heavy atom. The first-order valence-electron chi connectivity index (χ1n) is 8.65. The van der Waals surface area contributed by atoms with E-state index in [0.717, 1.165) is 38.0 Å². The fourth-order valence-corrected chi connectivity index (χ4v) is 3.03. The zero-order valence-corrected chi connectivity index (χ0v) is 14.7. The lowest BCUT2D eigenvalue weighted by atomic mass is 10.0. The number of benzene rings is 1. The summed E-state index contributed by atoms with van der Waals surface area (Å²) in [5, 5.41) is 4.03. The van der Waals surface area contributed by atoms with E-state index in [4.69, 9.17) is 9.47 Å². The van der Waals surface area contributed by atoms with Crippen molar-refractivity contribution in [2.24, 2.45) is 0 Å². The maximum Gasteiger partial charge on any atom is 0.407 e. The normalized spacial score (nSPS) is 14.1. The topological polar surface area (TPSA) is 63.3 Å². The largest absolute Gasteiger partial charge is 0.493 e. The van der Waals surface area contributed by atoms with E-state index in [1.165, 1.54) is 22.2 Å². The molecule has 5 nitrogen and oxygen atoms in total. The van der Waals surface area contributed by atoms with Crippen LogP contribution in [0.1, 0.15) is 44.9 Å². The highest BCUT2D eigenvalue weighted by Gasteiger charge is 2.16. The number of carbonyl (C=O) groups excluding carboxylic acids is 1. The highest BCUT2D eigenvalue weighted by atomic mass is 16.6. The van der Waals surface area contributed by atoms with Gasteiger partial charge in [-0.3, -0.25) is 0 Å². The zero-order valence-electron chi connectivity index (χ0n) is 14.7. The Morgan fingerprint density at radius 1 is 1.38 bits per heavy atom. The molecule has 1 aliphatic rings. The molecule has 0 saturated carbocycles. The molecule has 0 fully saturated rings. The number of ether oxygens (including phenoxy) is 2. The summed E-state index contributed by atoms with van der Waals surface area (Å²) in [5.41, 5.74) is 3.22. The van der Waals surface area contributed by atoms with Crippen molar-refractivity contribution in [3.05, 3.63) is 29.5 Å². The SMILES string of the molecule is CC(C)(C)OC(=O)NCCCc1cc2ccc3c(c2[nH]1)CCCO3. The van der Waals surface area contributed by atoms with Gasteiger partial charge in [-0.05, 0) is 64.7 Å². The van der Waals surface area contributed by atoms with Crippen LogP contribution in [0.4, 0.5) is 4.79 Å². The molecule has 0 radical (unpaired) electrons. The molecular formula is C19H26N2O3. The zero-order chi connectivity index (χ0) is 17.2. The molecular weight excluding hydrogens is 304 g/mol. The van der Waals surface area contributed by atoms with E-state index in [2.05, 4.69) is 28.5 Å². The molecule has 0 spiro atoms. The third-order valence-corrected chi connectivity index (χ3v) is 4.04. The van der Waals surface area contributed by atoms with Gasteiger partial charge >= 0.3 is 6.09 Å². The molecule has 3 rings (SSSR count). The number of nitrogens with one attached hydrogen (secondary N) is 2. The van der Waals surface area contributed by atoms with Gasteiger partial charge in [0, 0.05) is 23.2 Å². The standard InChI is InChI=1S/C19H26N2O3/c1-19(2,3)24-18(22)20-10-4-6-14-12-13-8-9-16-15(17(13)21-14)7-5-11-23-16/h8-9,12,21H,4-7,10-11H2,1-3H3,(H,20,22). The van der Waals surface area contributed by atoms with E-state index >= 15 is 0 Å². The lowest BCUT2D eigenvalue weighted by molar-refractivity contribution is 0.0527. The van der Waals surface area contributed by atoms with E-state index in [1.807, 2.05) is 20.8 Å². The van der Waals surface area contributed by atoms with Crippen LogP contribution in [-0.4, -0.2) is 29.8 Å². The molecule has 130 valence electrons. The lowest BCUT2D eigenvalue weighted by Crippen LogP contribution is -2.33. The van der Waals surface area contributed by atoms with Crippen LogP contribution in [0, 0.1) is 0 Å². The van der Waals surface area contributed by atoms with Crippen molar-refractivity contribution in [1.29, 1.82) is 0 Å². The van der Waals surface area contributed by atoms with E-state index in [-0.39, 0.29) is 6.09 Å². The van der Waals surface area contributed by atoms with Crippen LogP contribution in [0.25, 0.3) is 10.9 Å². The third kappa shape index (κ3) is 4.02. The summed E-state index contributed by atoms with van der Waals surface area (Å²) in [5.74, 6) is 1.01. The number of hydrogen-bond acceptors (Lipinski definition) is 3. The van der Waals surface area contributed by atoms with Crippen molar-refractivity contribution >= 4 is 17.0 Å². The molecule has 2 aromatic rings. The van der Waals surface area contributed by atoms with Gasteiger partial charge in [-0.2, -0.15) is 0 Å². The van der Waals surface area contributed by atoms with E-state index in [0.29, 0.717) is 6.54 Å². The van der Waals surface area contributed by atoms with E-state index in [9.17, 15) is 4.79 Å². The van der Waals surface area contributed by atoms with Crippen LogP contribution in [0.5, 0.6) is 5.75 Å². The number of aryl methyl sites for hydroxylation is 2. The summed E-state index contributed by atoms with van der Waals surface area (Å²) < 4.78 is 11.0. The van der Waals surface area contributed by atoms with Gasteiger partial charge < -0.3 is 19.8 Å². The van der Waals surface area contributed by atoms with Crippen molar-refractivity contribution < 1.29 is 14.3 Å². The Morgan fingerprint density at radius 2 is 2.21 bits per heavy atom. The number of amides is 1. The van der Waals surface area contributed by atoms with Gasteiger partial charge in [-0.25, -0.2) is 4.79 Å². The first-order valence-corrected chi connectivity index (χ1v) is 8.65. The number of hydrogen-bond donors (Lipinski definition) is 2.